The van der Waals surface area contributed by atoms with Gasteiger partial charge in [-0.05, 0) is 52.7 Å². The number of carbonyl (C=O) groups excluding carboxylic acids is 3. The summed E-state index contributed by atoms with van der Waals surface area (Å²) < 4.78 is 5.14. The van der Waals surface area contributed by atoms with Gasteiger partial charge in [-0.15, -0.1) is 0 Å². The molecule has 0 radical (unpaired) electrons. The Labute approximate surface area is 172 Å². The molecule has 162 valence electrons. The molecular formula is C21H33N3O5. The molecule has 1 aromatic carbocycles. The zero-order valence-electron chi connectivity index (χ0n) is 18.1. The van der Waals surface area contributed by atoms with E-state index in [1.807, 2.05) is 32.9 Å². The van der Waals surface area contributed by atoms with E-state index in [1.165, 1.54) is 4.90 Å². The quantitative estimate of drug-likeness (QED) is 0.610. The third-order valence-electron chi connectivity index (χ3n) is 3.92. The molecule has 1 unspecified atom stereocenters. The smallest absolute Gasteiger partial charge is 0.408 e. The molecule has 0 bridgehead atoms. The fourth-order valence-corrected chi connectivity index (χ4v) is 2.78. The lowest BCUT2D eigenvalue weighted by atomic mass is 9.98. The second kappa shape index (κ2) is 10.8. The van der Waals surface area contributed by atoms with Crippen molar-refractivity contribution >= 4 is 17.9 Å². The number of aliphatic hydroxyl groups excluding tert-OH is 1. The van der Waals surface area contributed by atoms with Gasteiger partial charge in [0.15, 0.2) is 0 Å². The molecule has 29 heavy (non-hydrogen) atoms. The number of nitrogens with zero attached hydrogens (tertiary/aromatic N) is 1. The maximum Gasteiger partial charge on any atom is 0.408 e. The van der Waals surface area contributed by atoms with E-state index in [-0.39, 0.29) is 31.6 Å². The van der Waals surface area contributed by atoms with Crippen LogP contribution in [-0.2, 0) is 14.3 Å². The molecule has 0 spiro atoms. The molecule has 0 aliphatic heterocycles. The Balaban J connectivity index is 3.12. The monoisotopic (exact) mass is 407 g/mol. The van der Waals surface area contributed by atoms with Crippen molar-refractivity contribution in [1.82, 2.24) is 15.5 Å². The molecule has 8 heteroatoms. The summed E-state index contributed by atoms with van der Waals surface area (Å²) in [6.07, 6.45) is -0.728. The van der Waals surface area contributed by atoms with Gasteiger partial charge in [0.2, 0.25) is 11.8 Å². The lowest BCUT2D eigenvalue weighted by Gasteiger charge is -2.32. The first kappa shape index (κ1) is 24.4. The lowest BCUT2D eigenvalue weighted by Crippen LogP contribution is -2.49. The van der Waals surface area contributed by atoms with E-state index in [0.29, 0.717) is 5.56 Å². The second-order valence-corrected chi connectivity index (χ2v) is 8.09. The van der Waals surface area contributed by atoms with Gasteiger partial charge in [0.1, 0.15) is 18.2 Å². The van der Waals surface area contributed by atoms with Gasteiger partial charge in [0.25, 0.3) is 0 Å². The van der Waals surface area contributed by atoms with E-state index >= 15 is 0 Å². The Morgan fingerprint density at radius 1 is 1.17 bits per heavy atom. The van der Waals surface area contributed by atoms with Crippen LogP contribution in [0.3, 0.4) is 0 Å². The van der Waals surface area contributed by atoms with E-state index < -0.39 is 23.6 Å². The minimum Gasteiger partial charge on any atom is -0.444 e. The van der Waals surface area contributed by atoms with Crippen LogP contribution in [0.25, 0.3) is 0 Å². The van der Waals surface area contributed by atoms with Crippen molar-refractivity contribution in [3.63, 3.8) is 0 Å². The van der Waals surface area contributed by atoms with Gasteiger partial charge in [-0.1, -0.05) is 24.3 Å². The number of alkyl carbamates (subject to hydrolysis) is 1. The van der Waals surface area contributed by atoms with Crippen LogP contribution in [0.15, 0.2) is 24.3 Å². The van der Waals surface area contributed by atoms with Crippen molar-refractivity contribution < 1.29 is 24.2 Å². The van der Waals surface area contributed by atoms with Gasteiger partial charge in [-0.3, -0.25) is 9.59 Å². The summed E-state index contributed by atoms with van der Waals surface area (Å²) in [5.74, 6) is -0.856. The van der Waals surface area contributed by atoms with Crippen LogP contribution in [0.1, 0.15) is 51.8 Å². The largest absolute Gasteiger partial charge is 0.444 e. The topological polar surface area (TPSA) is 108 Å². The minimum absolute atomic E-state index is 0.0562. The van der Waals surface area contributed by atoms with Crippen LogP contribution in [0.4, 0.5) is 4.79 Å². The fraction of sp³-hybridized carbons (Fsp3) is 0.571. The number of amides is 3. The number of ether oxygens (including phenoxy) is 1. The molecule has 0 fully saturated rings. The number of benzene rings is 1. The Kier molecular flexibility index (Phi) is 9.10. The average Bonchev–Trinajstić information content (AvgIpc) is 2.58. The molecule has 3 amide bonds. The summed E-state index contributed by atoms with van der Waals surface area (Å²) >= 11 is 0. The Morgan fingerprint density at radius 2 is 1.79 bits per heavy atom. The third kappa shape index (κ3) is 8.11. The number of carbonyl (C=O) groups is 3. The van der Waals surface area contributed by atoms with Gasteiger partial charge in [-0.2, -0.15) is 0 Å². The zero-order chi connectivity index (χ0) is 22.2. The number of aliphatic hydroxyl groups is 1. The predicted octanol–water partition coefficient (Wildman–Crippen LogP) is 1.91. The van der Waals surface area contributed by atoms with Gasteiger partial charge in [-0.25, -0.2) is 4.79 Å². The predicted molar refractivity (Wildman–Crippen MR) is 110 cm³/mol. The molecule has 0 saturated heterocycles. The number of rotatable bonds is 8. The molecule has 1 aromatic rings. The van der Waals surface area contributed by atoms with E-state index in [2.05, 4.69) is 10.6 Å². The molecule has 0 aliphatic carbocycles. The lowest BCUT2D eigenvalue weighted by molar-refractivity contribution is -0.141. The van der Waals surface area contributed by atoms with Crippen molar-refractivity contribution in [1.29, 1.82) is 0 Å². The highest BCUT2D eigenvalue weighted by molar-refractivity contribution is 5.90. The standard InChI is InChI=1S/C21H33N3O5/c1-14(2)23-19(27)18(16-10-8-7-9-15(16)3)24(11-12-25)17(26)13-22-20(28)29-21(4,5)6/h7-10,14,18,25H,11-13H2,1-6H3,(H,22,28)(H,23,27). The van der Waals surface area contributed by atoms with Crippen molar-refractivity contribution in [2.24, 2.45) is 0 Å². The molecule has 0 heterocycles. The summed E-state index contributed by atoms with van der Waals surface area (Å²) in [7, 11) is 0. The first-order valence-corrected chi connectivity index (χ1v) is 9.69. The van der Waals surface area contributed by atoms with Gasteiger partial charge in [0.05, 0.1) is 6.61 Å². The number of aryl methyl sites for hydroxylation is 1. The number of hydrogen-bond acceptors (Lipinski definition) is 5. The van der Waals surface area contributed by atoms with Crippen molar-refractivity contribution in [3.05, 3.63) is 35.4 Å². The van der Waals surface area contributed by atoms with Crippen LogP contribution < -0.4 is 10.6 Å². The molecule has 1 atom stereocenters. The maximum atomic E-state index is 13.0. The minimum atomic E-state index is -0.932. The van der Waals surface area contributed by atoms with Crippen LogP contribution in [0.5, 0.6) is 0 Å². The Hall–Kier alpha value is -2.61. The fourth-order valence-electron chi connectivity index (χ4n) is 2.78. The molecule has 3 N–H and O–H groups in total. The van der Waals surface area contributed by atoms with Gasteiger partial charge >= 0.3 is 6.09 Å². The summed E-state index contributed by atoms with van der Waals surface area (Å²) in [4.78, 5) is 39.0. The summed E-state index contributed by atoms with van der Waals surface area (Å²) in [6.45, 7) is 9.93. The van der Waals surface area contributed by atoms with Crippen molar-refractivity contribution in [2.75, 3.05) is 19.7 Å². The van der Waals surface area contributed by atoms with Crippen molar-refractivity contribution in [2.45, 2.75) is 59.2 Å². The molecular weight excluding hydrogens is 374 g/mol. The molecule has 8 nitrogen and oxygen atoms in total. The maximum absolute atomic E-state index is 13.0. The first-order chi connectivity index (χ1) is 13.5. The third-order valence-corrected chi connectivity index (χ3v) is 3.92. The van der Waals surface area contributed by atoms with E-state index in [1.54, 1.807) is 32.9 Å². The summed E-state index contributed by atoms with van der Waals surface area (Å²) in [5, 5.41) is 14.8. The van der Waals surface area contributed by atoms with E-state index in [0.717, 1.165) is 5.56 Å². The second-order valence-electron chi connectivity index (χ2n) is 8.09. The molecule has 0 saturated carbocycles. The molecule has 0 aliphatic rings. The molecule has 1 rings (SSSR count). The summed E-state index contributed by atoms with van der Waals surface area (Å²) in [5.41, 5.74) is 0.802. The highest BCUT2D eigenvalue weighted by Gasteiger charge is 2.32. The zero-order valence-corrected chi connectivity index (χ0v) is 18.1. The van der Waals surface area contributed by atoms with Crippen LogP contribution >= 0.6 is 0 Å². The molecule has 0 aromatic heterocycles. The summed E-state index contributed by atoms with van der Waals surface area (Å²) in [6, 6.07) is 6.21. The first-order valence-electron chi connectivity index (χ1n) is 9.69. The van der Waals surface area contributed by atoms with Crippen LogP contribution in [0, 0.1) is 6.92 Å². The van der Waals surface area contributed by atoms with Crippen molar-refractivity contribution in [3.8, 4) is 0 Å². The average molecular weight is 408 g/mol. The van der Waals surface area contributed by atoms with E-state index in [9.17, 15) is 19.5 Å². The highest BCUT2D eigenvalue weighted by Crippen LogP contribution is 2.24. The Morgan fingerprint density at radius 3 is 2.31 bits per heavy atom. The highest BCUT2D eigenvalue weighted by atomic mass is 16.6. The Bertz CT molecular complexity index is 713. The SMILES string of the molecule is Cc1ccccc1C(C(=O)NC(C)C)N(CCO)C(=O)CNC(=O)OC(C)(C)C. The van der Waals surface area contributed by atoms with E-state index in [4.69, 9.17) is 4.74 Å². The van der Waals surface area contributed by atoms with Crippen LogP contribution in [0.2, 0.25) is 0 Å². The van der Waals surface area contributed by atoms with Crippen LogP contribution in [-0.4, -0.2) is 59.3 Å². The number of hydrogen-bond donors (Lipinski definition) is 3. The number of nitrogens with one attached hydrogen (secondary N) is 2. The van der Waals surface area contributed by atoms with Gasteiger partial charge in [0, 0.05) is 12.6 Å². The van der Waals surface area contributed by atoms with Gasteiger partial charge < -0.3 is 25.4 Å². The normalized spacial score (nSPS) is 12.3.